The standard InChI is InChI=1S/C14H18N4O2S/c1-11(15)7-8-18-21(19,20)13-9-16-14(17-10-13)12-5-3-2-4-6-12/h2-6,9-11,18H,7-8,15H2,1H3. The second-order valence-electron chi connectivity index (χ2n) is 4.77. The predicted molar refractivity (Wildman–Crippen MR) is 80.9 cm³/mol. The van der Waals surface area contributed by atoms with Crippen molar-refractivity contribution in [2.24, 2.45) is 5.73 Å². The zero-order valence-corrected chi connectivity index (χ0v) is 12.5. The van der Waals surface area contributed by atoms with E-state index in [4.69, 9.17) is 5.73 Å². The number of sulfonamides is 1. The van der Waals surface area contributed by atoms with Crippen LogP contribution in [-0.2, 0) is 10.0 Å². The van der Waals surface area contributed by atoms with Crippen LogP contribution in [0.15, 0.2) is 47.6 Å². The van der Waals surface area contributed by atoms with E-state index in [1.165, 1.54) is 12.4 Å². The van der Waals surface area contributed by atoms with E-state index in [9.17, 15) is 8.42 Å². The molecule has 7 heteroatoms. The molecule has 0 fully saturated rings. The van der Waals surface area contributed by atoms with Gasteiger partial charge in [0, 0.05) is 18.2 Å². The van der Waals surface area contributed by atoms with Gasteiger partial charge in [-0.05, 0) is 13.3 Å². The highest BCUT2D eigenvalue weighted by Crippen LogP contribution is 2.14. The number of nitrogens with two attached hydrogens (primary N) is 1. The SMILES string of the molecule is CC(N)CCNS(=O)(=O)c1cnc(-c2ccccc2)nc1. The highest BCUT2D eigenvalue weighted by atomic mass is 32.2. The second kappa shape index (κ2) is 6.75. The maximum atomic E-state index is 12.0. The van der Waals surface area contributed by atoms with E-state index in [0.717, 1.165) is 5.56 Å². The van der Waals surface area contributed by atoms with Crippen molar-refractivity contribution in [1.29, 1.82) is 0 Å². The van der Waals surface area contributed by atoms with Gasteiger partial charge in [0.2, 0.25) is 10.0 Å². The Hall–Kier alpha value is -1.83. The zero-order valence-electron chi connectivity index (χ0n) is 11.7. The Balaban J connectivity index is 2.11. The summed E-state index contributed by atoms with van der Waals surface area (Å²) in [5.41, 5.74) is 6.42. The van der Waals surface area contributed by atoms with Crippen LogP contribution in [-0.4, -0.2) is 31.0 Å². The molecule has 0 spiro atoms. The smallest absolute Gasteiger partial charge is 0.243 e. The van der Waals surface area contributed by atoms with Gasteiger partial charge in [0.25, 0.3) is 0 Å². The Kier molecular flexibility index (Phi) is 5.00. The molecule has 0 bridgehead atoms. The fourth-order valence-electron chi connectivity index (χ4n) is 1.70. The second-order valence-corrected chi connectivity index (χ2v) is 6.54. The molecule has 0 aliphatic carbocycles. The van der Waals surface area contributed by atoms with Gasteiger partial charge in [-0.25, -0.2) is 23.1 Å². The molecule has 6 nitrogen and oxygen atoms in total. The number of hydrogen-bond acceptors (Lipinski definition) is 5. The lowest BCUT2D eigenvalue weighted by atomic mass is 10.2. The van der Waals surface area contributed by atoms with Crippen molar-refractivity contribution in [1.82, 2.24) is 14.7 Å². The summed E-state index contributed by atoms with van der Waals surface area (Å²) in [5, 5.41) is 0. The molecule has 0 saturated carbocycles. The average Bonchev–Trinajstić information content (AvgIpc) is 2.48. The minimum absolute atomic E-state index is 0.0480. The molecule has 0 radical (unpaired) electrons. The summed E-state index contributed by atoms with van der Waals surface area (Å²) in [6.45, 7) is 2.12. The first-order valence-corrected chi connectivity index (χ1v) is 8.10. The fraction of sp³-hybridized carbons (Fsp3) is 0.286. The molecule has 2 aromatic rings. The molecular weight excluding hydrogens is 288 g/mol. The van der Waals surface area contributed by atoms with Crippen molar-refractivity contribution in [3.63, 3.8) is 0 Å². The first-order chi connectivity index (χ1) is 9.99. The summed E-state index contributed by atoms with van der Waals surface area (Å²) in [6.07, 6.45) is 3.19. The molecular formula is C14H18N4O2S. The molecule has 0 aliphatic heterocycles. The third kappa shape index (κ3) is 4.32. The minimum Gasteiger partial charge on any atom is -0.328 e. The number of benzene rings is 1. The number of aromatic nitrogens is 2. The van der Waals surface area contributed by atoms with Crippen molar-refractivity contribution in [2.45, 2.75) is 24.3 Å². The Labute approximate surface area is 124 Å². The van der Waals surface area contributed by atoms with Gasteiger partial charge in [-0.3, -0.25) is 0 Å². The summed E-state index contributed by atoms with van der Waals surface area (Å²) in [5.74, 6) is 0.491. The van der Waals surface area contributed by atoms with Gasteiger partial charge in [0.1, 0.15) is 4.90 Å². The van der Waals surface area contributed by atoms with Crippen LogP contribution in [0.1, 0.15) is 13.3 Å². The lowest BCUT2D eigenvalue weighted by Gasteiger charge is -2.08. The molecule has 2 rings (SSSR count). The lowest BCUT2D eigenvalue weighted by molar-refractivity contribution is 0.571. The van der Waals surface area contributed by atoms with E-state index in [-0.39, 0.29) is 10.9 Å². The third-order valence-corrected chi connectivity index (χ3v) is 4.28. The first-order valence-electron chi connectivity index (χ1n) is 6.62. The summed E-state index contributed by atoms with van der Waals surface area (Å²) in [6, 6.07) is 9.32. The molecule has 1 unspecified atom stereocenters. The summed E-state index contributed by atoms with van der Waals surface area (Å²) in [4.78, 5) is 8.25. The van der Waals surface area contributed by atoms with Crippen LogP contribution in [0.3, 0.4) is 0 Å². The largest absolute Gasteiger partial charge is 0.328 e. The van der Waals surface area contributed by atoms with Crippen LogP contribution in [0.4, 0.5) is 0 Å². The topological polar surface area (TPSA) is 98.0 Å². The molecule has 1 heterocycles. The molecule has 21 heavy (non-hydrogen) atoms. The predicted octanol–water partition coefficient (Wildman–Crippen LogP) is 1.16. The van der Waals surface area contributed by atoms with Gasteiger partial charge in [-0.2, -0.15) is 0 Å². The van der Waals surface area contributed by atoms with Crippen molar-refractivity contribution in [3.8, 4) is 11.4 Å². The number of hydrogen-bond donors (Lipinski definition) is 2. The van der Waals surface area contributed by atoms with Crippen LogP contribution in [0.2, 0.25) is 0 Å². The highest BCUT2D eigenvalue weighted by Gasteiger charge is 2.15. The third-order valence-electron chi connectivity index (χ3n) is 2.86. The highest BCUT2D eigenvalue weighted by molar-refractivity contribution is 7.89. The van der Waals surface area contributed by atoms with Crippen LogP contribution in [0, 0.1) is 0 Å². The van der Waals surface area contributed by atoms with Gasteiger partial charge in [0.05, 0.1) is 12.4 Å². The first kappa shape index (κ1) is 15.6. The van der Waals surface area contributed by atoms with Crippen molar-refractivity contribution < 1.29 is 8.42 Å². The molecule has 3 N–H and O–H groups in total. The number of nitrogens with zero attached hydrogens (tertiary/aromatic N) is 2. The lowest BCUT2D eigenvalue weighted by Crippen LogP contribution is -2.29. The van der Waals surface area contributed by atoms with Crippen LogP contribution in [0.25, 0.3) is 11.4 Å². The Bertz CT molecular complexity index is 670. The van der Waals surface area contributed by atoms with Crippen molar-refractivity contribution in [2.75, 3.05) is 6.54 Å². The van der Waals surface area contributed by atoms with Crippen molar-refractivity contribution in [3.05, 3.63) is 42.7 Å². The quantitative estimate of drug-likeness (QED) is 0.834. The zero-order chi connectivity index (χ0) is 15.3. The average molecular weight is 306 g/mol. The normalized spacial score (nSPS) is 13.0. The summed E-state index contributed by atoms with van der Waals surface area (Å²) >= 11 is 0. The van der Waals surface area contributed by atoms with Gasteiger partial charge in [0.15, 0.2) is 5.82 Å². The maximum Gasteiger partial charge on any atom is 0.243 e. The fourth-order valence-corrected chi connectivity index (χ4v) is 2.63. The Morgan fingerprint density at radius 2 is 1.81 bits per heavy atom. The molecule has 1 aromatic heterocycles. The maximum absolute atomic E-state index is 12.0. The summed E-state index contributed by atoms with van der Waals surface area (Å²) in [7, 11) is -3.59. The molecule has 112 valence electrons. The van der Waals surface area contributed by atoms with Gasteiger partial charge >= 0.3 is 0 Å². The summed E-state index contributed by atoms with van der Waals surface area (Å²) < 4.78 is 26.5. The van der Waals surface area contributed by atoms with E-state index in [1.54, 1.807) is 0 Å². The van der Waals surface area contributed by atoms with E-state index >= 15 is 0 Å². The van der Waals surface area contributed by atoms with Gasteiger partial charge < -0.3 is 5.73 Å². The Morgan fingerprint density at radius 3 is 2.38 bits per heavy atom. The van der Waals surface area contributed by atoms with E-state index in [1.807, 2.05) is 37.3 Å². The molecule has 1 atom stereocenters. The minimum atomic E-state index is -3.59. The number of rotatable bonds is 6. The monoisotopic (exact) mass is 306 g/mol. The van der Waals surface area contributed by atoms with E-state index in [2.05, 4.69) is 14.7 Å². The van der Waals surface area contributed by atoms with Crippen molar-refractivity contribution >= 4 is 10.0 Å². The van der Waals surface area contributed by atoms with Gasteiger partial charge in [-0.1, -0.05) is 30.3 Å². The molecule has 1 aromatic carbocycles. The van der Waals surface area contributed by atoms with Crippen LogP contribution >= 0.6 is 0 Å². The molecule has 0 saturated heterocycles. The Morgan fingerprint density at radius 1 is 1.19 bits per heavy atom. The van der Waals surface area contributed by atoms with E-state index < -0.39 is 10.0 Å². The molecule has 0 amide bonds. The van der Waals surface area contributed by atoms with Crippen LogP contribution in [0.5, 0.6) is 0 Å². The molecule has 0 aliphatic rings. The number of nitrogens with one attached hydrogen (secondary N) is 1. The van der Waals surface area contributed by atoms with Gasteiger partial charge in [-0.15, -0.1) is 0 Å². The van der Waals surface area contributed by atoms with E-state index in [0.29, 0.717) is 18.8 Å². The van der Waals surface area contributed by atoms with Crippen LogP contribution < -0.4 is 10.5 Å².